The van der Waals surface area contributed by atoms with Gasteiger partial charge in [0.25, 0.3) is 5.91 Å². The first-order chi connectivity index (χ1) is 10.8. The molecule has 0 aliphatic carbocycles. The van der Waals surface area contributed by atoms with Crippen molar-refractivity contribution in [1.82, 2.24) is 20.2 Å². The lowest BCUT2D eigenvalue weighted by atomic mass is 10.2. The summed E-state index contributed by atoms with van der Waals surface area (Å²) in [7, 11) is 0. The Morgan fingerprint density at radius 1 is 1.36 bits per heavy atom. The number of aromatic nitrogens is 2. The van der Waals surface area contributed by atoms with Gasteiger partial charge in [-0.3, -0.25) is 9.69 Å². The quantitative estimate of drug-likeness (QED) is 0.861. The van der Waals surface area contributed by atoms with E-state index in [1.807, 2.05) is 12.1 Å². The van der Waals surface area contributed by atoms with Crippen LogP contribution in [0.2, 0.25) is 0 Å². The Kier molecular flexibility index (Phi) is 4.34. The van der Waals surface area contributed by atoms with Gasteiger partial charge in [-0.1, -0.05) is 0 Å². The predicted octanol–water partition coefficient (Wildman–Crippen LogP) is 1.22. The minimum absolute atomic E-state index is 0.0272. The number of anilines is 1. The van der Waals surface area contributed by atoms with E-state index in [0.717, 1.165) is 18.8 Å². The summed E-state index contributed by atoms with van der Waals surface area (Å²) in [5.74, 6) is 0.673. The molecule has 0 unspecified atom stereocenters. The topological polar surface area (TPSA) is 97.3 Å². The minimum Gasteiger partial charge on any atom is -0.468 e. The van der Waals surface area contributed by atoms with Gasteiger partial charge in [-0.25, -0.2) is 9.97 Å². The van der Waals surface area contributed by atoms with Gasteiger partial charge in [-0.15, -0.1) is 0 Å². The molecular formula is C15H19N5O2. The lowest BCUT2D eigenvalue weighted by molar-refractivity contribution is 0.0929. The third kappa shape index (κ3) is 3.09. The van der Waals surface area contributed by atoms with Gasteiger partial charge in [0.1, 0.15) is 5.76 Å². The minimum atomic E-state index is -0.318. The summed E-state index contributed by atoms with van der Waals surface area (Å²) in [6.45, 7) is 2.46. The third-order valence-corrected chi connectivity index (χ3v) is 3.85. The predicted molar refractivity (Wildman–Crippen MR) is 81.0 cm³/mol. The number of nitrogens with zero attached hydrogens (tertiary/aromatic N) is 3. The molecule has 0 saturated carbocycles. The van der Waals surface area contributed by atoms with E-state index >= 15 is 0 Å². The van der Waals surface area contributed by atoms with Gasteiger partial charge in [0, 0.05) is 18.9 Å². The van der Waals surface area contributed by atoms with E-state index in [-0.39, 0.29) is 23.5 Å². The van der Waals surface area contributed by atoms with Crippen LogP contribution in [0.15, 0.2) is 35.2 Å². The van der Waals surface area contributed by atoms with Gasteiger partial charge < -0.3 is 15.5 Å². The van der Waals surface area contributed by atoms with Crippen LogP contribution in [0.1, 0.15) is 35.1 Å². The summed E-state index contributed by atoms with van der Waals surface area (Å²) in [6, 6.07) is 3.83. The van der Waals surface area contributed by atoms with Crippen molar-refractivity contribution >= 4 is 11.7 Å². The van der Waals surface area contributed by atoms with Crippen LogP contribution in [0.4, 0.5) is 5.82 Å². The summed E-state index contributed by atoms with van der Waals surface area (Å²) in [5.41, 5.74) is 5.84. The number of carbonyl (C=O) groups is 1. The number of rotatable bonds is 5. The second-order valence-corrected chi connectivity index (χ2v) is 5.27. The van der Waals surface area contributed by atoms with E-state index in [4.69, 9.17) is 10.2 Å². The molecule has 1 saturated heterocycles. The molecule has 3 N–H and O–H groups in total. The highest BCUT2D eigenvalue weighted by molar-refractivity contribution is 5.96. The van der Waals surface area contributed by atoms with E-state index in [9.17, 15) is 4.79 Å². The van der Waals surface area contributed by atoms with Crippen LogP contribution >= 0.6 is 0 Å². The SMILES string of the molecule is Nc1nccnc1C(=O)NC[C@@H](c1ccco1)N1CCCC1. The molecule has 0 aromatic carbocycles. The van der Waals surface area contributed by atoms with Crippen LogP contribution in [0, 0.1) is 0 Å². The molecule has 0 spiro atoms. The molecule has 7 heteroatoms. The number of nitrogens with two attached hydrogens (primary N) is 1. The van der Waals surface area contributed by atoms with Gasteiger partial charge in [0.15, 0.2) is 11.5 Å². The lowest BCUT2D eigenvalue weighted by Crippen LogP contribution is -2.37. The molecule has 1 atom stereocenters. The fraction of sp³-hybridized carbons (Fsp3) is 0.400. The normalized spacial score (nSPS) is 16.5. The molecule has 1 aliphatic rings. The number of hydrogen-bond acceptors (Lipinski definition) is 6. The van der Waals surface area contributed by atoms with E-state index in [1.54, 1.807) is 6.26 Å². The number of furan rings is 1. The summed E-state index contributed by atoms with van der Waals surface area (Å²) < 4.78 is 5.52. The summed E-state index contributed by atoms with van der Waals surface area (Å²) in [5, 5.41) is 2.88. The van der Waals surface area contributed by atoms with Crippen LogP contribution in [0.3, 0.4) is 0 Å². The largest absolute Gasteiger partial charge is 0.468 e. The monoisotopic (exact) mass is 301 g/mol. The Morgan fingerprint density at radius 2 is 2.14 bits per heavy atom. The lowest BCUT2D eigenvalue weighted by Gasteiger charge is -2.25. The fourth-order valence-electron chi connectivity index (χ4n) is 2.74. The maximum Gasteiger partial charge on any atom is 0.273 e. The van der Waals surface area contributed by atoms with Gasteiger partial charge in [-0.05, 0) is 38.1 Å². The first-order valence-electron chi connectivity index (χ1n) is 7.38. The van der Waals surface area contributed by atoms with E-state index in [0.29, 0.717) is 6.54 Å². The van der Waals surface area contributed by atoms with Crippen molar-refractivity contribution in [3.8, 4) is 0 Å². The second kappa shape index (κ2) is 6.57. The molecule has 116 valence electrons. The molecule has 2 aromatic heterocycles. The molecule has 0 radical (unpaired) electrons. The highest BCUT2D eigenvalue weighted by atomic mass is 16.3. The summed E-state index contributed by atoms with van der Waals surface area (Å²) >= 11 is 0. The molecular weight excluding hydrogens is 282 g/mol. The molecule has 3 rings (SSSR count). The number of hydrogen-bond donors (Lipinski definition) is 2. The number of nitrogen functional groups attached to an aromatic ring is 1. The number of amides is 1. The molecule has 1 aliphatic heterocycles. The average Bonchev–Trinajstić information content (AvgIpc) is 3.21. The van der Waals surface area contributed by atoms with E-state index in [2.05, 4.69) is 20.2 Å². The molecule has 22 heavy (non-hydrogen) atoms. The van der Waals surface area contributed by atoms with Crippen LogP contribution in [0.5, 0.6) is 0 Å². The van der Waals surface area contributed by atoms with Crippen molar-refractivity contribution in [2.75, 3.05) is 25.4 Å². The molecule has 1 fully saturated rings. The van der Waals surface area contributed by atoms with Gasteiger partial charge in [0.2, 0.25) is 0 Å². The number of nitrogens with one attached hydrogen (secondary N) is 1. The summed E-state index contributed by atoms with van der Waals surface area (Å²) in [6.07, 6.45) is 6.91. The molecule has 1 amide bonds. The Bertz CT molecular complexity index is 623. The Labute approximate surface area is 128 Å². The zero-order valence-electron chi connectivity index (χ0n) is 12.2. The fourth-order valence-corrected chi connectivity index (χ4v) is 2.74. The molecule has 0 bridgehead atoms. The Morgan fingerprint density at radius 3 is 2.82 bits per heavy atom. The zero-order valence-corrected chi connectivity index (χ0v) is 12.2. The van der Waals surface area contributed by atoms with Crippen LogP contribution in [-0.2, 0) is 0 Å². The maximum atomic E-state index is 12.2. The van der Waals surface area contributed by atoms with Crippen molar-refractivity contribution in [3.05, 3.63) is 42.2 Å². The van der Waals surface area contributed by atoms with Crippen LogP contribution in [-0.4, -0.2) is 40.4 Å². The molecule has 2 aromatic rings. The average molecular weight is 301 g/mol. The number of likely N-dealkylation sites (tertiary alicyclic amines) is 1. The van der Waals surface area contributed by atoms with Crippen LogP contribution in [0.25, 0.3) is 0 Å². The first kappa shape index (κ1) is 14.5. The van der Waals surface area contributed by atoms with Crippen molar-refractivity contribution in [2.24, 2.45) is 0 Å². The maximum absolute atomic E-state index is 12.2. The Balaban J connectivity index is 1.69. The van der Waals surface area contributed by atoms with Gasteiger partial charge in [-0.2, -0.15) is 0 Å². The van der Waals surface area contributed by atoms with Gasteiger partial charge >= 0.3 is 0 Å². The van der Waals surface area contributed by atoms with Gasteiger partial charge in [0.05, 0.1) is 12.3 Å². The third-order valence-electron chi connectivity index (χ3n) is 3.85. The number of carbonyl (C=O) groups excluding carboxylic acids is 1. The van der Waals surface area contributed by atoms with Crippen molar-refractivity contribution < 1.29 is 9.21 Å². The smallest absolute Gasteiger partial charge is 0.273 e. The van der Waals surface area contributed by atoms with E-state index in [1.165, 1.54) is 25.2 Å². The van der Waals surface area contributed by atoms with Crippen molar-refractivity contribution in [2.45, 2.75) is 18.9 Å². The van der Waals surface area contributed by atoms with Crippen molar-refractivity contribution in [3.63, 3.8) is 0 Å². The van der Waals surface area contributed by atoms with Crippen molar-refractivity contribution in [1.29, 1.82) is 0 Å². The molecule has 3 heterocycles. The zero-order chi connectivity index (χ0) is 15.4. The standard InChI is InChI=1S/C15H19N5O2/c16-14-13(17-5-6-18-14)15(21)19-10-11(12-4-3-9-22-12)20-7-1-2-8-20/h3-6,9,11H,1-2,7-8,10H2,(H2,16,18)(H,19,21)/t11-/m0/s1. The van der Waals surface area contributed by atoms with Crippen LogP contribution < -0.4 is 11.1 Å². The molecule has 7 nitrogen and oxygen atoms in total. The first-order valence-corrected chi connectivity index (χ1v) is 7.38. The Hall–Kier alpha value is -2.41. The second-order valence-electron chi connectivity index (χ2n) is 5.27. The summed E-state index contributed by atoms with van der Waals surface area (Å²) in [4.78, 5) is 22.4. The highest BCUT2D eigenvalue weighted by Gasteiger charge is 2.26. The van der Waals surface area contributed by atoms with E-state index < -0.39 is 0 Å². The highest BCUT2D eigenvalue weighted by Crippen LogP contribution is 2.24.